The summed E-state index contributed by atoms with van der Waals surface area (Å²) in [7, 11) is 0. The van der Waals surface area contributed by atoms with Gasteiger partial charge in [0.15, 0.2) is 0 Å². The lowest BCUT2D eigenvalue weighted by atomic mass is 10.0. The zero-order valence-electron chi connectivity index (χ0n) is 36.9. The molecule has 3 N–H and O–H groups in total. The molecule has 0 aliphatic heterocycles. The van der Waals surface area contributed by atoms with E-state index in [4.69, 9.17) is 4.74 Å². The molecule has 0 saturated carbocycles. The summed E-state index contributed by atoms with van der Waals surface area (Å²) in [6.07, 6.45) is 56.7. The maximum absolute atomic E-state index is 13.1. The van der Waals surface area contributed by atoms with Crippen molar-refractivity contribution in [3.8, 4) is 0 Å². The number of ether oxygens (including phenoxy) is 1. The van der Waals surface area contributed by atoms with E-state index in [2.05, 4.69) is 74.7 Å². The molecular weight excluding hydrogens is 707 g/mol. The van der Waals surface area contributed by atoms with Crippen molar-refractivity contribution < 1.29 is 24.5 Å². The van der Waals surface area contributed by atoms with E-state index >= 15 is 0 Å². The van der Waals surface area contributed by atoms with Crippen LogP contribution in [0.5, 0.6) is 0 Å². The summed E-state index contributed by atoms with van der Waals surface area (Å²) in [5, 5.41) is 23.5. The van der Waals surface area contributed by atoms with Gasteiger partial charge in [0.2, 0.25) is 5.91 Å². The second kappa shape index (κ2) is 44.1. The number of hydrogen-bond acceptors (Lipinski definition) is 5. The third-order valence-electron chi connectivity index (χ3n) is 10.1. The summed E-state index contributed by atoms with van der Waals surface area (Å²) in [5.74, 6) is -0.641. The minimum atomic E-state index is -0.817. The monoisotopic (exact) mass is 794 g/mol. The largest absolute Gasteiger partial charge is 0.458 e. The summed E-state index contributed by atoms with van der Waals surface area (Å²) in [6, 6.07) is -0.740. The third kappa shape index (κ3) is 39.6. The number of aliphatic hydroxyl groups excluding tert-OH is 2. The molecule has 6 heteroatoms. The number of rotatable bonds is 40. The minimum absolute atomic E-state index is 0.0439. The van der Waals surface area contributed by atoms with E-state index in [1.165, 1.54) is 83.5 Å². The molecule has 3 unspecified atom stereocenters. The number of esters is 1. The standard InChI is InChI=1S/C51H87NO5/c1-4-7-10-13-16-19-21-22-23-24-25-26-27-29-32-35-38-41-44-51(56)57-47(42-39-36-33-31-28-20-17-14-11-8-5-2)45-50(55)52-48(46-53)49(54)43-40-37-34-30-18-15-12-9-6-3/h10,13,16,19,21-26,31,33,39,42,47-49,53-54H,4-9,11-12,14-15,17-18,20,27-30,32,34-38,40-41,43-46H2,1-3H3,(H,52,55)/b13-10+,19-16+,22-21+,24-23+,26-25+,33-31-,42-39+. The van der Waals surface area contributed by atoms with E-state index in [1.54, 1.807) is 0 Å². The fourth-order valence-corrected chi connectivity index (χ4v) is 6.48. The number of amides is 1. The first kappa shape index (κ1) is 54.0. The third-order valence-corrected chi connectivity index (χ3v) is 10.1. The highest BCUT2D eigenvalue weighted by molar-refractivity contribution is 5.78. The van der Waals surface area contributed by atoms with Crippen LogP contribution in [0.25, 0.3) is 0 Å². The Morgan fingerprint density at radius 1 is 0.544 bits per heavy atom. The fourth-order valence-electron chi connectivity index (χ4n) is 6.48. The quantitative estimate of drug-likeness (QED) is 0.0248. The molecule has 0 heterocycles. The average Bonchev–Trinajstić information content (AvgIpc) is 3.20. The molecule has 0 aromatic heterocycles. The van der Waals surface area contributed by atoms with Gasteiger partial charge in [-0.3, -0.25) is 9.59 Å². The molecule has 326 valence electrons. The van der Waals surface area contributed by atoms with Gasteiger partial charge in [0.1, 0.15) is 6.10 Å². The van der Waals surface area contributed by atoms with Crippen molar-refractivity contribution in [3.63, 3.8) is 0 Å². The lowest BCUT2D eigenvalue weighted by molar-refractivity contribution is -0.148. The maximum Gasteiger partial charge on any atom is 0.306 e. The number of carbonyl (C=O) groups is 2. The Bertz CT molecular complexity index is 1120. The van der Waals surface area contributed by atoms with E-state index in [1.807, 2.05) is 36.5 Å². The van der Waals surface area contributed by atoms with Gasteiger partial charge in [0.05, 0.1) is 25.2 Å². The highest BCUT2D eigenvalue weighted by Gasteiger charge is 2.23. The van der Waals surface area contributed by atoms with Crippen molar-refractivity contribution in [2.45, 2.75) is 219 Å². The van der Waals surface area contributed by atoms with E-state index in [9.17, 15) is 19.8 Å². The summed E-state index contributed by atoms with van der Waals surface area (Å²) < 4.78 is 5.79. The van der Waals surface area contributed by atoms with Crippen LogP contribution in [0.2, 0.25) is 0 Å². The molecule has 0 aromatic rings. The van der Waals surface area contributed by atoms with E-state index in [-0.39, 0.29) is 24.9 Å². The zero-order chi connectivity index (χ0) is 41.7. The number of nitrogens with one attached hydrogen (secondary N) is 1. The van der Waals surface area contributed by atoms with Crippen molar-refractivity contribution in [1.82, 2.24) is 5.32 Å². The Balaban J connectivity index is 4.71. The van der Waals surface area contributed by atoms with Crippen molar-refractivity contribution in [2.75, 3.05) is 6.61 Å². The summed E-state index contributed by atoms with van der Waals surface area (Å²) >= 11 is 0. The molecular formula is C51H87NO5. The Kier molecular flexibility index (Phi) is 41.9. The Morgan fingerprint density at radius 2 is 1.04 bits per heavy atom. The topological polar surface area (TPSA) is 95.9 Å². The summed E-state index contributed by atoms with van der Waals surface area (Å²) in [6.45, 7) is 6.31. The van der Waals surface area contributed by atoms with Crippen LogP contribution in [0, 0.1) is 0 Å². The molecule has 0 aromatic carbocycles. The first-order chi connectivity index (χ1) is 28.0. The van der Waals surface area contributed by atoms with Gasteiger partial charge >= 0.3 is 5.97 Å². The molecule has 0 saturated heterocycles. The van der Waals surface area contributed by atoms with Crippen LogP contribution in [0.4, 0.5) is 0 Å². The molecule has 57 heavy (non-hydrogen) atoms. The predicted octanol–water partition coefficient (Wildman–Crippen LogP) is 13.6. The smallest absolute Gasteiger partial charge is 0.306 e. The second-order valence-corrected chi connectivity index (χ2v) is 15.6. The molecule has 0 bridgehead atoms. The van der Waals surface area contributed by atoms with Crippen LogP contribution in [-0.2, 0) is 14.3 Å². The maximum atomic E-state index is 13.1. The predicted molar refractivity (Wildman–Crippen MR) is 245 cm³/mol. The highest BCUT2D eigenvalue weighted by Crippen LogP contribution is 2.14. The van der Waals surface area contributed by atoms with Gasteiger partial charge in [0.25, 0.3) is 0 Å². The van der Waals surface area contributed by atoms with Crippen LogP contribution in [0.1, 0.15) is 201 Å². The zero-order valence-corrected chi connectivity index (χ0v) is 36.9. The van der Waals surface area contributed by atoms with E-state index in [0.717, 1.165) is 70.6 Å². The molecule has 0 fully saturated rings. The van der Waals surface area contributed by atoms with Crippen LogP contribution >= 0.6 is 0 Å². The van der Waals surface area contributed by atoms with Crippen molar-refractivity contribution in [3.05, 3.63) is 85.1 Å². The van der Waals surface area contributed by atoms with E-state index < -0.39 is 18.2 Å². The second-order valence-electron chi connectivity index (χ2n) is 15.6. The summed E-state index contributed by atoms with van der Waals surface area (Å²) in [5.41, 5.74) is 0. The summed E-state index contributed by atoms with van der Waals surface area (Å²) in [4.78, 5) is 25.9. The van der Waals surface area contributed by atoms with Crippen LogP contribution in [0.15, 0.2) is 85.1 Å². The van der Waals surface area contributed by atoms with Gasteiger partial charge < -0.3 is 20.3 Å². The Morgan fingerprint density at radius 3 is 1.60 bits per heavy atom. The van der Waals surface area contributed by atoms with Gasteiger partial charge in [-0.15, -0.1) is 0 Å². The Hall–Kier alpha value is -2.96. The van der Waals surface area contributed by atoms with Crippen molar-refractivity contribution in [1.29, 1.82) is 0 Å². The number of carbonyl (C=O) groups excluding carboxylic acids is 2. The van der Waals surface area contributed by atoms with Crippen LogP contribution < -0.4 is 5.32 Å². The molecule has 0 aliphatic rings. The van der Waals surface area contributed by atoms with Crippen LogP contribution in [0.3, 0.4) is 0 Å². The van der Waals surface area contributed by atoms with Gasteiger partial charge in [-0.25, -0.2) is 0 Å². The molecule has 0 spiro atoms. The molecule has 0 rings (SSSR count). The van der Waals surface area contributed by atoms with Gasteiger partial charge in [-0.2, -0.15) is 0 Å². The molecule has 0 radical (unpaired) electrons. The number of unbranched alkanes of at least 4 members (excludes halogenated alkanes) is 20. The molecule has 6 nitrogen and oxygen atoms in total. The minimum Gasteiger partial charge on any atom is -0.458 e. The normalized spacial score (nSPS) is 14.1. The van der Waals surface area contributed by atoms with Gasteiger partial charge in [0, 0.05) is 6.42 Å². The first-order valence-corrected chi connectivity index (χ1v) is 23.4. The van der Waals surface area contributed by atoms with Crippen molar-refractivity contribution in [2.24, 2.45) is 0 Å². The molecule has 3 atom stereocenters. The van der Waals surface area contributed by atoms with Gasteiger partial charge in [-0.05, 0) is 57.4 Å². The lowest BCUT2D eigenvalue weighted by Gasteiger charge is -2.23. The first-order valence-electron chi connectivity index (χ1n) is 23.4. The van der Waals surface area contributed by atoms with E-state index in [0.29, 0.717) is 19.3 Å². The number of allylic oxidation sites excluding steroid dienone is 13. The fraction of sp³-hybridized carbons (Fsp3) is 0.686. The van der Waals surface area contributed by atoms with Crippen molar-refractivity contribution >= 4 is 11.9 Å². The van der Waals surface area contributed by atoms with Gasteiger partial charge in [-0.1, -0.05) is 215 Å². The molecule has 1 amide bonds. The number of hydrogen-bond donors (Lipinski definition) is 3. The van der Waals surface area contributed by atoms with Crippen LogP contribution in [-0.4, -0.2) is 46.9 Å². The lowest BCUT2D eigenvalue weighted by Crippen LogP contribution is -2.46. The number of aliphatic hydroxyl groups is 2. The average molecular weight is 794 g/mol. The highest BCUT2D eigenvalue weighted by atomic mass is 16.5. The Labute approximate surface area is 351 Å². The molecule has 0 aliphatic carbocycles. The SMILES string of the molecule is CCC/C=C/C=C/C=C/C=C/C=C/CCCCCCCC(=O)OC(/C=C/C/C=C\CCCCCCCC)CC(=O)NC(CO)C(O)CCCCCCCCCCC.